The van der Waals surface area contributed by atoms with E-state index in [1.54, 1.807) is 19.9 Å². The van der Waals surface area contributed by atoms with Crippen molar-refractivity contribution < 1.29 is 33.1 Å². The van der Waals surface area contributed by atoms with Gasteiger partial charge in [-0.2, -0.15) is 0 Å². The van der Waals surface area contributed by atoms with Gasteiger partial charge in [-0.1, -0.05) is 17.3 Å². The standard InChI is InChI=1S/C31H35FN6O7/c1-16-10-19(4-5-21(16)32)13-33-27(41)24-25(39)29(43)38-14-18-6-8-31(9-7-18,30(38)34-24)35-26(40)23-12-20(44-3)15-37(23)28(42)22-11-17(2)45-36-22/h4-5,10-11,18,20,23,39H,6-9,12-15H2,1-3H3,(H,33,41)(H,35,40)/t18?,20-,23?,31?/m0/s1. The van der Waals surface area contributed by atoms with Crippen LogP contribution in [-0.4, -0.2) is 68.2 Å². The van der Waals surface area contributed by atoms with Gasteiger partial charge >= 0.3 is 0 Å². The number of amides is 3. The number of aromatic nitrogens is 3. The van der Waals surface area contributed by atoms with Crippen LogP contribution < -0.4 is 16.2 Å². The molecule has 2 bridgehead atoms. The van der Waals surface area contributed by atoms with E-state index in [4.69, 9.17) is 9.26 Å². The minimum atomic E-state index is -1.12. The summed E-state index contributed by atoms with van der Waals surface area (Å²) >= 11 is 0. The van der Waals surface area contributed by atoms with Gasteiger partial charge < -0.3 is 29.9 Å². The van der Waals surface area contributed by atoms with Crippen LogP contribution in [0.15, 0.2) is 33.6 Å². The molecule has 1 saturated carbocycles. The highest BCUT2D eigenvalue weighted by atomic mass is 19.1. The van der Waals surface area contributed by atoms with E-state index < -0.39 is 46.3 Å². The average Bonchev–Trinajstić information content (AvgIpc) is 3.60. The fourth-order valence-electron chi connectivity index (χ4n) is 6.71. The maximum Gasteiger partial charge on any atom is 0.296 e. The molecule has 45 heavy (non-hydrogen) atoms. The number of hydrogen-bond donors (Lipinski definition) is 3. The highest BCUT2D eigenvalue weighted by Gasteiger charge is 2.49. The summed E-state index contributed by atoms with van der Waals surface area (Å²) in [4.78, 5) is 60.1. The molecule has 5 heterocycles. The zero-order chi connectivity index (χ0) is 32.0. The molecule has 2 fully saturated rings. The van der Waals surface area contributed by atoms with Crippen LogP contribution in [0.5, 0.6) is 5.75 Å². The summed E-state index contributed by atoms with van der Waals surface area (Å²) in [6.07, 6.45) is 2.13. The Balaban J connectivity index is 1.31. The molecule has 3 N–H and O–H groups in total. The number of ether oxygens (including phenoxy) is 1. The molecule has 3 aromatic rings. The van der Waals surface area contributed by atoms with E-state index >= 15 is 0 Å². The minimum absolute atomic E-state index is 0.0146. The van der Waals surface area contributed by atoms with Crippen LogP contribution >= 0.6 is 0 Å². The molecule has 2 aromatic heterocycles. The molecule has 238 valence electrons. The zero-order valence-electron chi connectivity index (χ0n) is 25.3. The summed E-state index contributed by atoms with van der Waals surface area (Å²) in [6, 6.07) is 5.03. The number of aryl methyl sites for hydroxylation is 2. The number of aromatic hydroxyl groups is 1. The Morgan fingerprint density at radius 1 is 1.18 bits per heavy atom. The van der Waals surface area contributed by atoms with Gasteiger partial charge in [0.15, 0.2) is 11.4 Å². The Morgan fingerprint density at radius 3 is 2.60 bits per heavy atom. The van der Waals surface area contributed by atoms with Crippen molar-refractivity contribution in [1.82, 2.24) is 30.2 Å². The third-order valence-corrected chi connectivity index (χ3v) is 9.23. The maximum absolute atomic E-state index is 14.0. The van der Waals surface area contributed by atoms with Crippen molar-refractivity contribution in [2.45, 2.75) is 76.7 Å². The molecule has 13 nitrogen and oxygen atoms in total. The third kappa shape index (κ3) is 5.58. The summed E-state index contributed by atoms with van der Waals surface area (Å²) in [5.41, 5.74) is -1.23. The molecule has 3 aliphatic heterocycles. The van der Waals surface area contributed by atoms with Gasteiger partial charge in [-0.3, -0.25) is 23.7 Å². The number of carbonyl (C=O) groups is 3. The van der Waals surface area contributed by atoms with Crippen LogP contribution in [0.1, 0.15) is 75.8 Å². The number of fused-ring (bicyclic) bond motifs is 2. The van der Waals surface area contributed by atoms with Crippen molar-refractivity contribution in [3.05, 3.63) is 74.5 Å². The van der Waals surface area contributed by atoms with Crippen LogP contribution in [0.3, 0.4) is 0 Å². The smallest absolute Gasteiger partial charge is 0.296 e. The lowest BCUT2D eigenvalue weighted by Crippen LogP contribution is -2.55. The first-order valence-electron chi connectivity index (χ1n) is 15.0. The largest absolute Gasteiger partial charge is 0.501 e. The van der Waals surface area contributed by atoms with Gasteiger partial charge in [0.1, 0.15) is 23.4 Å². The van der Waals surface area contributed by atoms with Gasteiger partial charge in [0, 0.05) is 39.2 Å². The number of likely N-dealkylation sites (tertiary alicyclic amines) is 1. The SMILES string of the molecule is CO[C@H]1CC(C(=O)NC23CCC(CC2)Cn2c3nc(C(=O)NCc3ccc(F)c(C)c3)c(O)c2=O)N(C(=O)c2cc(C)on2)C1. The van der Waals surface area contributed by atoms with Crippen LogP contribution in [0.25, 0.3) is 0 Å². The summed E-state index contributed by atoms with van der Waals surface area (Å²) in [6.45, 7) is 3.75. The maximum atomic E-state index is 14.0. The summed E-state index contributed by atoms with van der Waals surface area (Å²) in [5, 5.41) is 20.4. The first-order valence-corrected chi connectivity index (χ1v) is 15.0. The van der Waals surface area contributed by atoms with E-state index in [0.717, 1.165) is 0 Å². The number of hydrogen-bond acceptors (Lipinski definition) is 9. The number of benzene rings is 1. The second kappa shape index (κ2) is 11.7. The normalized spacial score (nSPS) is 23.8. The molecule has 1 aromatic carbocycles. The molecule has 0 radical (unpaired) electrons. The molecule has 1 aliphatic carbocycles. The molecule has 1 unspecified atom stereocenters. The van der Waals surface area contributed by atoms with Crippen LogP contribution in [0.2, 0.25) is 0 Å². The fraction of sp³-hybridized carbons (Fsp3) is 0.484. The number of nitrogens with zero attached hydrogens (tertiary/aromatic N) is 4. The van der Waals surface area contributed by atoms with Crippen molar-refractivity contribution >= 4 is 17.7 Å². The molecule has 4 aliphatic rings. The van der Waals surface area contributed by atoms with Crippen LogP contribution in [0.4, 0.5) is 4.39 Å². The van der Waals surface area contributed by atoms with Crippen molar-refractivity contribution in [1.29, 1.82) is 0 Å². The van der Waals surface area contributed by atoms with E-state index in [1.807, 2.05) is 0 Å². The second-order valence-corrected chi connectivity index (χ2v) is 12.2. The highest BCUT2D eigenvalue weighted by Crippen LogP contribution is 2.43. The Bertz CT molecular complexity index is 1730. The van der Waals surface area contributed by atoms with Crippen molar-refractivity contribution in [2.75, 3.05) is 13.7 Å². The number of halogens is 1. The lowest BCUT2D eigenvalue weighted by molar-refractivity contribution is -0.127. The van der Waals surface area contributed by atoms with Gasteiger partial charge in [0.25, 0.3) is 17.4 Å². The molecule has 14 heteroatoms. The van der Waals surface area contributed by atoms with Gasteiger partial charge in [-0.05, 0) is 62.6 Å². The Kier molecular flexibility index (Phi) is 7.93. The summed E-state index contributed by atoms with van der Waals surface area (Å²) in [5.74, 6) is -2.09. The molecule has 7 rings (SSSR count). The predicted octanol–water partition coefficient (Wildman–Crippen LogP) is 2.07. The molecule has 2 atom stereocenters. The average molecular weight is 623 g/mol. The zero-order valence-corrected chi connectivity index (χ0v) is 25.3. The molecular weight excluding hydrogens is 587 g/mol. The Morgan fingerprint density at radius 2 is 1.93 bits per heavy atom. The minimum Gasteiger partial charge on any atom is -0.501 e. The third-order valence-electron chi connectivity index (χ3n) is 9.23. The van der Waals surface area contributed by atoms with Gasteiger partial charge in [-0.15, -0.1) is 0 Å². The Hall–Kier alpha value is -4.59. The van der Waals surface area contributed by atoms with Crippen molar-refractivity contribution in [2.24, 2.45) is 5.92 Å². The van der Waals surface area contributed by atoms with Gasteiger partial charge in [0.05, 0.1) is 11.6 Å². The lowest BCUT2D eigenvalue weighted by atomic mass is 9.77. The van der Waals surface area contributed by atoms with Crippen LogP contribution in [-0.2, 0) is 28.2 Å². The molecular formula is C31H35FN6O7. The number of methoxy groups -OCH3 is 1. The number of carbonyl (C=O) groups excluding carboxylic acids is 3. The second-order valence-electron chi connectivity index (χ2n) is 12.2. The molecule has 1 saturated heterocycles. The monoisotopic (exact) mass is 622 g/mol. The quantitative estimate of drug-likeness (QED) is 0.357. The van der Waals surface area contributed by atoms with Gasteiger partial charge in [0.2, 0.25) is 11.7 Å². The topological polar surface area (TPSA) is 169 Å². The summed E-state index contributed by atoms with van der Waals surface area (Å²) < 4.78 is 25.6. The lowest BCUT2D eigenvalue weighted by Gasteiger charge is -2.38. The Labute approximate surface area is 257 Å². The predicted molar refractivity (Wildman–Crippen MR) is 156 cm³/mol. The van der Waals surface area contributed by atoms with E-state index in [-0.39, 0.29) is 55.4 Å². The molecule has 3 amide bonds. The molecule has 0 spiro atoms. The van der Waals surface area contributed by atoms with E-state index in [9.17, 15) is 28.7 Å². The first-order chi connectivity index (χ1) is 21.5. The van der Waals surface area contributed by atoms with Gasteiger partial charge in [-0.25, -0.2) is 9.37 Å². The number of rotatable bonds is 7. The van der Waals surface area contributed by atoms with E-state index in [1.165, 1.54) is 34.8 Å². The van der Waals surface area contributed by atoms with E-state index in [2.05, 4.69) is 20.8 Å². The van der Waals surface area contributed by atoms with Crippen LogP contribution in [0, 0.1) is 25.6 Å². The van der Waals surface area contributed by atoms with Crippen molar-refractivity contribution in [3.8, 4) is 5.75 Å². The highest BCUT2D eigenvalue weighted by molar-refractivity contribution is 5.97. The fourth-order valence-corrected chi connectivity index (χ4v) is 6.71. The number of nitrogens with one attached hydrogen (secondary N) is 2. The summed E-state index contributed by atoms with van der Waals surface area (Å²) in [7, 11) is 1.52. The van der Waals surface area contributed by atoms with Crippen molar-refractivity contribution in [3.63, 3.8) is 0 Å². The van der Waals surface area contributed by atoms with E-state index in [0.29, 0.717) is 42.6 Å². The first kappa shape index (κ1) is 30.4.